The second-order valence-electron chi connectivity index (χ2n) is 5.89. The SMILES string of the molecule is CCNC(=NCc1c(C)nn(C)c1C)NCC(O)c1ccccc1Cl. The number of hydrogen-bond acceptors (Lipinski definition) is 3. The second-order valence-corrected chi connectivity index (χ2v) is 6.29. The number of benzene rings is 1. The zero-order chi connectivity index (χ0) is 18.4. The van der Waals surface area contributed by atoms with Gasteiger partial charge in [0.2, 0.25) is 0 Å². The second kappa shape index (κ2) is 8.87. The summed E-state index contributed by atoms with van der Waals surface area (Å²) in [5.41, 5.74) is 3.90. The summed E-state index contributed by atoms with van der Waals surface area (Å²) in [6.07, 6.45) is -0.709. The molecule has 3 N–H and O–H groups in total. The summed E-state index contributed by atoms with van der Waals surface area (Å²) in [7, 11) is 1.93. The molecule has 0 bridgehead atoms. The summed E-state index contributed by atoms with van der Waals surface area (Å²) in [6, 6.07) is 7.29. The molecule has 0 amide bonds. The average molecular weight is 364 g/mol. The molecule has 1 unspecified atom stereocenters. The molecule has 1 aromatic heterocycles. The number of aryl methyl sites for hydroxylation is 2. The van der Waals surface area contributed by atoms with Crippen molar-refractivity contribution in [1.29, 1.82) is 0 Å². The van der Waals surface area contributed by atoms with E-state index in [-0.39, 0.29) is 0 Å². The van der Waals surface area contributed by atoms with E-state index in [0.29, 0.717) is 29.6 Å². The quantitative estimate of drug-likeness (QED) is 0.544. The first-order valence-electron chi connectivity index (χ1n) is 8.37. The number of nitrogens with one attached hydrogen (secondary N) is 2. The van der Waals surface area contributed by atoms with Gasteiger partial charge in [0.25, 0.3) is 0 Å². The molecule has 0 saturated carbocycles. The van der Waals surface area contributed by atoms with Crippen LogP contribution in [0.25, 0.3) is 0 Å². The van der Waals surface area contributed by atoms with Crippen LogP contribution in [0.2, 0.25) is 5.02 Å². The molecule has 2 rings (SSSR count). The zero-order valence-electron chi connectivity index (χ0n) is 15.2. The molecule has 6 nitrogen and oxygen atoms in total. The number of halogens is 1. The predicted octanol–water partition coefficient (Wildman–Crippen LogP) is 2.48. The van der Waals surface area contributed by atoms with Crippen molar-refractivity contribution in [2.45, 2.75) is 33.4 Å². The Morgan fingerprint density at radius 2 is 2.04 bits per heavy atom. The number of aliphatic imine (C=N–C) groups is 1. The van der Waals surface area contributed by atoms with Crippen LogP contribution in [0.3, 0.4) is 0 Å². The summed E-state index contributed by atoms with van der Waals surface area (Å²) in [5, 5.41) is 21.7. The van der Waals surface area contributed by atoms with Gasteiger partial charge in [0.1, 0.15) is 0 Å². The summed E-state index contributed by atoms with van der Waals surface area (Å²) < 4.78 is 1.86. The minimum absolute atomic E-state index is 0.320. The molecule has 0 radical (unpaired) electrons. The molecule has 0 fully saturated rings. The lowest BCUT2D eigenvalue weighted by molar-refractivity contribution is 0.181. The third-order valence-electron chi connectivity index (χ3n) is 4.13. The van der Waals surface area contributed by atoms with Gasteiger partial charge in [-0.3, -0.25) is 4.68 Å². The molecule has 25 heavy (non-hydrogen) atoms. The number of aromatic nitrogens is 2. The number of hydrogen-bond donors (Lipinski definition) is 3. The van der Waals surface area contributed by atoms with Gasteiger partial charge in [-0.15, -0.1) is 0 Å². The lowest BCUT2D eigenvalue weighted by Gasteiger charge is -2.16. The topological polar surface area (TPSA) is 74.5 Å². The molecule has 1 heterocycles. The number of rotatable bonds is 6. The molecular weight excluding hydrogens is 338 g/mol. The highest BCUT2D eigenvalue weighted by atomic mass is 35.5. The number of nitrogens with zero attached hydrogens (tertiary/aromatic N) is 3. The van der Waals surface area contributed by atoms with E-state index in [9.17, 15) is 5.11 Å². The normalized spacial score (nSPS) is 13.0. The van der Waals surface area contributed by atoms with Crippen molar-refractivity contribution in [3.63, 3.8) is 0 Å². The van der Waals surface area contributed by atoms with Gasteiger partial charge in [-0.25, -0.2) is 4.99 Å². The Bertz CT molecular complexity index is 741. The molecule has 7 heteroatoms. The van der Waals surface area contributed by atoms with Crippen molar-refractivity contribution in [3.05, 3.63) is 51.8 Å². The molecule has 0 spiro atoms. The zero-order valence-corrected chi connectivity index (χ0v) is 15.9. The lowest BCUT2D eigenvalue weighted by Crippen LogP contribution is -2.39. The van der Waals surface area contributed by atoms with Gasteiger partial charge in [-0.1, -0.05) is 29.8 Å². The largest absolute Gasteiger partial charge is 0.387 e. The summed E-state index contributed by atoms with van der Waals surface area (Å²) in [5.74, 6) is 0.649. The summed E-state index contributed by atoms with van der Waals surface area (Å²) >= 11 is 6.13. The Kier molecular flexibility index (Phi) is 6.84. The first-order valence-corrected chi connectivity index (χ1v) is 8.75. The lowest BCUT2D eigenvalue weighted by atomic mass is 10.1. The number of guanidine groups is 1. The number of aliphatic hydroxyl groups excluding tert-OH is 1. The van der Waals surface area contributed by atoms with E-state index in [4.69, 9.17) is 11.6 Å². The third-order valence-corrected chi connectivity index (χ3v) is 4.47. The fraction of sp³-hybridized carbons (Fsp3) is 0.444. The first-order chi connectivity index (χ1) is 11.9. The van der Waals surface area contributed by atoms with E-state index in [0.717, 1.165) is 23.5 Å². The van der Waals surface area contributed by atoms with Crippen LogP contribution < -0.4 is 10.6 Å². The van der Waals surface area contributed by atoms with E-state index in [1.807, 2.05) is 50.7 Å². The van der Waals surface area contributed by atoms with Crippen LogP contribution in [0.15, 0.2) is 29.3 Å². The van der Waals surface area contributed by atoms with E-state index in [1.165, 1.54) is 0 Å². The standard InChI is InChI=1S/C18H26ClN5O/c1-5-20-18(21-10-15-12(2)23-24(4)13(15)3)22-11-17(25)14-8-6-7-9-16(14)19/h6-9,17,25H,5,10-11H2,1-4H3,(H2,20,21,22). The highest BCUT2D eigenvalue weighted by molar-refractivity contribution is 6.31. The van der Waals surface area contributed by atoms with Gasteiger partial charge in [-0.2, -0.15) is 5.10 Å². The maximum absolute atomic E-state index is 10.4. The highest BCUT2D eigenvalue weighted by Crippen LogP contribution is 2.21. The molecule has 0 aliphatic rings. The predicted molar refractivity (Wildman–Crippen MR) is 102 cm³/mol. The van der Waals surface area contributed by atoms with Gasteiger partial charge in [0.05, 0.1) is 18.3 Å². The molecule has 1 atom stereocenters. The van der Waals surface area contributed by atoms with Crippen molar-refractivity contribution in [2.75, 3.05) is 13.1 Å². The van der Waals surface area contributed by atoms with E-state index in [2.05, 4.69) is 20.7 Å². The van der Waals surface area contributed by atoms with Gasteiger partial charge in [-0.05, 0) is 26.8 Å². The Morgan fingerprint density at radius 3 is 2.64 bits per heavy atom. The first kappa shape index (κ1) is 19.3. The van der Waals surface area contributed by atoms with Crippen molar-refractivity contribution >= 4 is 17.6 Å². The van der Waals surface area contributed by atoms with Crippen molar-refractivity contribution < 1.29 is 5.11 Å². The van der Waals surface area contributed by atoms with Crippen LogP contribution in [0, 0.1) is 13.8 Å². The molecule has 0 aliphatic heterocycles. The van der Waals surface area contributed by atoms with Gasteiger partial charge in [0.15, 0.2) is 5.96 Å². The molecular formula is C18H26ClN5O. The Morgan fingerprint density at radius 1 is 1.32 bits per heavy atom. The van der Waals surface area contributed by atoms with E-state index >= 15 is 0 Å². The maximum Gasteiger partial charge on any atom is 0.191 e. The van der Waals surface area contributed by atoms with E-state index < -0.39 is 6.10 Å². The minimum atomic E-state index is -0.709. The minimum Gasteiger partial charge on any atom is -0.387 e. The third kappa shape index (κ3) is 4.96. The van der Waals surface area contributed by atoms with Crippen LogP contribution in [-0.4, -0.2) is 33.9 Å². The van der Waals surface area contributed by atoms with Crippen LogP contribution in [0.5, 0.6) is 0 Å². The smallest absolute Gasteiger partial charge is 0.191 e. The monoisotopic (exact) mass is 363 g/mol. The highest BCUT2D eigenvalue weighted by Gasteiger charge is 2.12. The van der Waals surface area contributed by atoms with Crippen LogP contribution in [0.4, 0.5) is 0 Å². The molecule has 0 aliphatic carbocycles. The summed E-state index contributed by atoms with van der Waals surface area (Å²) in [6.45, 7) is 7.61. The summed E-state index contributed by atoms with van der Waals surface area (Å²) in [4.78, 5) is 4.60. The number of aliphatic hydroxyl groups is 1. The Hall–Kier alpha value is -2.05. The molecule has 1 aromatic carbocycles. The average Bonchev–Trinajstić information content (AvgIpc) is 2.83. The Labute approximate surface area is 153 Å². The Balaban J connectivity index is 2.04. The van der Waals surface area contributed by atoms with Crippen molar-refractivity contribution in [3.8, 4) is 0 Å². The fourth-order valence-corrected chi connectivity index (χ4v) is 2.86. The van der Waals surface area contributed by atoms with Gasteiger partial charge in [0, 0.05) is 42.0 Å². The van der Waals surface area contributed by atoms with E-state index in [1.54, 1.807) is 6.07 Å². The van der Waals surface area contributed by atoms with Gasteiger partial charge >= 0.3 is 0 Å². The van der Waals surface area contributed by atoms with Crippen molar-refractivity contribution in [1.82, 2.24) is 20.4 Å². The van der Waals surface area contributed by atoms with Crippen LogP contribution in [0.1, 0.15) is 35.5 Å². The van der Waals surface area contributed by atoms with Crippen molar-refractivity contribution in [2.24, 2.45) is 12.0 Å². The maximum atomic E-state index is 10.4. The van der Waals surface area contributed by atoms with Gasteiger partial charge < -0.3 is 15.7 Å². The molecule has 2 aromatic rings. The molecule has 136 valence electrons. The fourth-order valence-electron chi connectivity index (χ4n) is 2.59. The molecule has 0 saturated heterocycles. The van der Waals surface area contributed by atoms with Crippen LogP contribution >= 0.6 is 11.6 Å². The van der Waals surface area contributed by atoms with Crippen LogP contribution in [-0.2, 0) is 13.6 Å².